The molecule has 0 aromatic carbocycles. The lowest BCUT2D eigenvalue weighted by Crippen LogP contribution is -2.38. The van der Waals surface area contributed by atoms with Gasteiger partial charge in [-0.3, -0.25) is 4.79 Å². The minimum atomic E-state index is 0.267. The Hall–Kier alpha value is -0.240. The fraction of sp³-hybridized carbons (Fsp3) is 0.933. The van der Waals surface area contributed by atoms with Crippen LogP contribution >= 0.6 is 11.6 Å². The van der Waals surface area contributed by atoms with E-state index < -0.39 is 0 Å². The molecule has 0 radical (unpaired) electrons. The maximum atomic E-state index is 12.1. The monoisotopic (exact) mass is 271 g/mol. The zero-order chi connectivity index (χ0) is 13.0. The van der Waals surface area contributed by atoms with E-state index in [1.54, 1.807) is 0 Å². The number of nitrogens with one attached hydrogen (secondary N) is 1. The number of halogens is 1. The van der Waals surface area contributed by atoms with Crippen molar-refractivity contribution >= 4 is 17.5 Å². The fourth-order valence-corrected chi connectivity index (χ4v) is 4.06. The maximum Gasteiger partial charge on any atom is 0.223 e. The molecule has 0 spiro atoms. The highest BCUT2D eigenvalue weighted by molar-refractivity contribution is 6.18. The van der Waals surface area contributed by atoms with Crippen molar-refractivity contribution < 1.29 is 4.79 Å². The number of alkyl halides is 1. The van der Waals surface area contributed by atoms with E-state index in [-0.39, 0.29) is 5.92 Å². The highest BCUT2D eigenvalue weighted by Crippen LogP contribution is 2.32. The summed E-state index contributed by atoms with van der Waals surface area (Å²) in [5, 5.41) is 3.19. The van der Waals surface area contributed by atoms with Crippen LogP contribution in [0, 0.1) is 23.7 Å². The van der Waals surface area contributed by atoms with Crippen molar-refractivity contribution in [3.8, 4) is 0 Å². The summed E-state index contributed by atoms with van der Waals surface area (Å²) in [4.78, 5) is 12.1. The van der Waals surface area contributed by atoms with Gasteiger partial charge in [-0.15, -0.1) is 11.6 Å². The van der Waals surface area contributed by atoms with Crippen LogP contribution in [0.1, 0.15) is 51.9 Å². The van der Waals surface area contributed by atoms with Crippen LogP contribution in [0.4, 0.5) is 0 Å². The second kappa shape index (κ2) is 6.79. The lowest BCUT2D eigenvalue weighted by Gasteiger charge is -2.30. The van der Waals surface area contributed by atoms with Gasteiger partial charge in [0.2, 0.25) is 5.91 Å². The number of hydrogen-bond donors (Lipinski definition) is 1. The Morgan fingerprint density at radius 2 is 1.83 bits per heavy atom. The molecule has 0 bridgehead atoms. The van der Waals surface area contributed by atoms with Gasteiger partial charge in [0.05, 0.1) is 0 Å². The van der Waals surface area contributed by atoms with Crippen LogP contribution in [-0.4, -0.2) is 18.3 Å². The summed E-state index contributed by atoms with van der Waals surface area (Å²) in [5.41, 5.74) is 0. The van der Waals surface area contributed by atoms with Gasteiger partial charge in [-0.25, -0.2) is 0 Å². The molecule has 2 nitrogen and oxygen atoms in total. The molecular weight excluding hydrogens is 246 g/mol. The molecule has 1 N–H and O–H groups in total. The maximum absolute atomic E-state index is 12.1. The summed E-state index contributed by atoms with van der Waals surface area (Å²) in [6, 6.07) is 0. The number of carbonyl (C=O) groups excluding carboxylic acids is 1. The number of hydrogen-bond acceptors (Lipinski definition) is 1. The van der Waals surface area contributed by atoms with Gasteiger partial charge in [-0.05, 0) is 43.4 Å². The van der Waals surface area contributed by atoms with Crippen molar-refractivity contribution in [3.05, 3.63) is 0 Å². The molecule has 4 unspecified atom stereocenters. The molecule has 2 saturated carbocycles. The second-order valence-electron chi connectivity index (χ2n) is 6.22. The molecule has 2 aliphatic rings. The van der Waals surface area contributed by atoms with Gasteiger partial charge in [0.25, 0.3) is 0 Å². The van der Waals surface area contributed by atoms with Crippen molar-refractivity contribution in [1.82, 2.24) is 5.32 Å². The van der Waals surface area contributed by atoms with Crippen molar-refractivity contribution in [3.63, 3.8) is 0 Å². The van der Waals surface area contributed by atoms with E-state index in [0.717, 1.165) is 18.8 Å². The fourth-order valence-electron chi connectivity index (χ4n) is 3.65. The molecule has 1 amide bonds. The molecule has 2 fully saturated rings. The van der Waals surface area contributed by atoms with E-state index in [2.05, 4.69) is 12.2 Å². The van der Waals surface area contributed by atoms with Gasteiger partial charge in [0, 0.05) is 18.3 Å². The average Bonchev–Trinajstić information content (AvgIpc) is 2.82. The summed E-state index contributed by atoms with van der Waals surface area (Å²) in [7, 11) is 0. The Kier molecular flexibility index (Phi) is 5.35. The summed E-state index contributed by atoms with van der Waals surface area (Å²) in [5.74, 6) is 3.10. The molecule has 2 aliphatic carbocycles. The van der Waals surface area contributed by atoms with E-state index >= 15 is 0 Å². The quantitative estimate of drug-likeness (QED) is 0.778. The molecule has 18 heavy (non-hydrogen) atoms. The minimum Gasteiger partial charge on any atom is -0.356 e. The van der Waals surface area contributed by atoms with Crippen LogP contribution in [0.25, 0.3) is 0 Å². The first-order chi connectivity index (χ1) is 8.72. The predicted octanol–water partition coefficient (Wildman–Crippen LogP) is 3.58. The summed E-state index contributed by atoms with van der Waals surface area (Å²) >= 11 is 6.03. The van der Waals surface area contributed by atoms with E-state index in [9.17, 15) is 4.79 Å². The van der Waals surface area contributed by atoms with Gasteiger partial charge in [-0.2, -0.15) is 0 Å². The van der Waals surface area contributed by atoms with E-state index in [1.807, 2.05) is 0 Å². The third-order valence-corrected chi connectivity index (χ3v) is 5.40. The average molecular weight is 272 g/mol. The van der Waals surface area contributed by atoms with Crippen molar-refractivity contribution in [2.75, 3.05) is 12.4 Å². The first kappa shape index (κ1) is 14.2. The standard InChI is InChI=1S/C15H26ClNO/c1-11-5-4-8-14(11)15(18)17-10-13-7-3-2-6-12(13)9-16/h11-14H,2-10H2,1H3,(H,17,18). The third-order valence-electron chi connectivity index (χ3n) is 5.00. The normalized spacial score (nSPS) is 36.6. The lowest BCUT2D eigenvalue weighted by molar-refractivity contribution is -0.126. The SMILES string of the molecule is CC1CCCC1C(=O)NCC1CCCCC1CCl. The van der Waals surface area contributed by atoms with E-state index in [0.29, 0.717) is 23.7 Å². The van der Waals surface area contributed by atoms with Gasteiger partial charge in [0.1, 0.15) is 0 Å². The minimum absolute atomic E-state index is 0.267. The molecule has 2 rings (SSSR count). The molecule has 0 aliphatic heterocycles. The largest absolute Gasteiger partial charge is 0.356 e. The summed E-state index contributed by atoms with van der Waals surface area (Å²) in [6.45, 7) is 3.05. The third kappa shape index (κ3) is 3.40. The first-order valence-electron chi connectivity index (χ1n) is 7.56. The molecular formula is C15H26ClNO. The smallest absolute Gasteiger partial charge is 0.223 e. The Morgan fingerprint density at radius 3 is 2.44 bits per heavy atom. The number of rotatable bonds is 4. The van der Waals surface area contributed by atoms with E-state index in [1.165, 1.54) is 38.5 Å². The Morgan fingerprint density at radius 1 is 1.11 bits per heavy atom. The highest BCUT2D eigenvalue weighted by Gasteiger charge is 2.31. The molecule has 3 heteroatoms. The molecule has 0 aromatic heterocycles. The van der Waals surface area contributed by atoms with Crippen molar-refractivity contribution in [2.45, 2.75) is 51.9 Å². The zero-order valence-electron chi connectivity index (χ0n) is 11.5. The van der Waals surface area contributed by atoms with Crippen LogP contribution < -0.4 is 5.32 Å². The van der Waals surface area contributed by atoms with Gasteiger partial charge in [0.15, 0.2) is 0 Å². The van der Waals surface area contributed by atoms with E-state index in [4.69, 9.17) is 11.6 Å². The van der Waals surface area contributed by atoms with Crippen LogP contribution in [0.2, 0.25) is 0 Å². The van der Waals surface area contributed by atoms with Crippen molar-refractivity contribution in [1.29, 1.82) is 0 Å². The Bertz CT molecular complexity index is 282. The zero-order valence-corrected chi connectivity index (χ0v) is 12.2. The van der Waals surface area contributed by atoms with Gasteiger partial charge < -0.3 is 5.32 Å². The number of amides is 1. The predicted molar refractivity (Wildman–Crippen MR) is 75.7 cm³/mol. The lowest BCUT2D eigenvalue weighted by atomic mass is 9.80. The molecule has 0 saturated heterocycles. The molecule has 4 atom stereocenters. The van der Waals surface area contributed by atoms with Crippen LogP contribution in [0.3, 0.4) is 0 Å². The van der Waals surface area contributed by atoms with Crippen LogP contribution in [0.15, 0.2) is 0 Å². The van der Waals surface area contributed by atoms with Gasteiger partial charge >= 0.3 is 0 Å². The Labute approximate surface area is 116 Å². The van der Waals surface area contributed by atoms with Crippen molar-refractivity contribution in [2.24, 2.45) is 23.7 Å². The number of carbonyl (C=O) groups is 1. The first-order valence-corrected chi connectivity index (χ1v) is 8.09. The summed E-state index contributed by atoms with van der Waals surface area (Å²) in [6.07, 6.45) is 8.59. The highest BCUT2D eigenvalue weighted by atomic mass is 35.5. The molecule has 0 aromatic rings. The van der Waals surface area contributed by atoms with Crippen LogP contribution in [0.5, 0.6) is 0 Å². The molecule has 0 heterocycles. The summed E-state index contributed by atoms with van der Waals surface area (Å²) < 4.78 is 0. The van der Waals surface area contributed by atoms with Crippen LogP contribution in [-0.2, 0) is 4.79 Å². The second-order valence-corrected chi connectivity index (χ2v) is 6.53. The Balaban J connectivity index is 1.77. The molecule has 104 valence electrons. The van der Waals surface area contributed by atoms with Gasteiger partial charge in [-0.1, -0.05) is 26.2 Å². The topological polar surface area (TPSA) is 29.1 Å².